The molecule has 1 aromatic heterocycles. The van der Waals surface area contributed by atoms with Gasteiger partial charge >= 0.3 is 0 Å². The molecule has 0 aliphatic carbocycles. The summed E-state index contributed by atoms with van der Waals surface area (Å²) in [5.41, 5.74) is 2.30. The number of hydrogen-bond acceptors (Lipinski definition) is 5. The van der Waals surface area contributed by atoms with E-state index in [1.54, 1.807) is 13.2 Å². The van der Waals surface area contributed by atoms with Gasteiger partial charge in [0.25, 0.3) is 0 Å². The number of halogens is 1. The van der Waals surface area contributed by atoms with Crippen molar-refractivity contribution in [1.82, 2.24) is 15.3 Å². The topological polar surface area (TPSA) is 67.3 Å². The van der Waals surface area contributed by atoms with Crippen molar-refractivity contribution in [2.24, 2.45) is 0 Å². The summed E-state index contributed by atoms with van der Waals surface area (Å²) in [7, 11) is 1.62. The zero-order chi connectivity index (χ0) is 20.4. The highest BCUT2D eigenvalue weighted by molar-refractivity contribution is 5.86. The van der Waals surface area contributed by atoms with Gasteiger partial charge in [-0.3, -0.25) is 4.79 Å². The maximum Gasteiger partial charge on any atom is 0.243 e. The fraction of sp³-hybridized carbons (Fsp3) is 0.318. The van der Waals surface area contributed by atoms with Crippen LogP contribution < -0.4 is 15.0 Å². The Kier molecular flexibility index (Phi) is 5.29. The maximum atomic E-state index is 13.5. The molecule has 0 bridgehead atoms. The summed E-state index contributed by atoms with van der Waals surface area (Å²) < 4.78 is 18.9. The van der Waals surface area contributed by atoms with Crippen molar-refractivity contribution in [1.29, 1.82) is 0 Å². The minimum absolute atomic E-state index is 0.0612. The van der Waals surface area contributed by atoms with Crippen LogP contribution in [0.25, 0.3) is 10.9 Å². The van der Waals surface area contributed by atoms with E-state index in [4.69, 9.17) is 4.74 Å². The van der Waals surface area contributed by atoms with Gasteiger partial charge in [0.1, 0.15) is 17.6 Å². The molecule has 3 aromatic rings. The monoisotopic (exact) mass is 394 g/mol. The first-order valence-electron chi connectivity index (χ1n) is 9.67. The van der Waals surface area contributed by atoms with Crippen molar-refractivity contribution in [3.05, 3.63) is 59.5 Å². The molecule has 1 aliphatic rings. The molecule has 1 saturated heterocycles. The van der Waals surface area contributed by atoms with E-state index >= 15 is 0 Å². The summed E-state index contributed by atoms with van der Waals surface area (Å²) in [5.74, 6) is 0.883. The molecule has 0 saturated carbocycles. The largest absolute Gasteiger partial charge is 0.496 e. The number of amides is 1. The Morgan fingerprint density at radius 3 is 2.93 bits per heavy atom. The van der Waals surface area contributed by atoms with Crippen molar-refractivity contribution in [3.8, 4) is 5.75 Å². The van der Waals surface area contributed by atoms with Gasteiger partial charge in [-0.2, -0.15) is 0 Å². The number of hydrogen-bond donors (Lipinski definition) is 1. The number of para-hydroxylation sites is 1. The van der Waals surface area contributed by atoms with Crippen LogP contribution in [-0.4, -0.2) is 35.6 Å². The molecule has 29 heavy (non-hydrogen) atoms. The Bertz CT molecular complexity index is 1060. The Hall–Kier alpha value is -3.22. The first kappa shape index (κ1) is 19.1. The van der Waals surface area contributed by atoms with Crippen LogP contribution >= 0.6 is 0 Å². The van der Waals surface area contributed by atoms with Gasteiger partial charge in [0.15, 0.2) is 0 Å². The highest BCUT2D eigenvalue weighted by Crippen LogP contribution is 2.26. The van der Waals surface area contributed by atoms with E-state index in [1.165, 1.54) is 12.1 Å². The molecule has 1 amide bonds. The van der Waals surface area contributed by atoms with Crippen molar-refractivity contribution in [2.75, 3.05) is 18.6 Å². The van der Waals surface area contributed by atoms with Crippen LogP contribution in [0.2, 0.25) is 0 Å². The lowest BCUT2D eigenvalue weighted by Crippen LogP contribution is -2.43. The van der Waals surface area contributed by atoms with Crippen LogP contribution in [0.15, 0.2) is 42.5 Å². The van der Waals surface area contributed by atoms with E-state index in [-0.39, 0.29) is 17.8 Å². The number of carbonyl (C=O) groups is 1. The van der Waals surface area contributed by atoms with Crippen molar-refractivity contribution >= 4 is 22.8 Å². The van der Waals surface area contributed by atoms with E-state index in [9.17, 15) is 9.18 Å². The lowest BCUT2D eigenvalue weighted by molar-refractivity contribution is -0.122. The molecule has 0 radical (unpaired) electrons. The number of ether oxygens (including phenoxy) is 1. The molecule has 1 atom stereocenters. The molecular weight excluding hydrogens is 371 g/mol. The normalized spacial score (nSPS) is 16.2. The average molecular weight is 394 g/mol. The lowest BCUT2D eigenvalue weighted by atomic mass is 10.1. The summed E-state index contributed by atoms with van der Waals surface area (Å²) in [5, 5.41) is 3.69. The van der Waals surface area contributed by atoms with Crippen LogP contribution in [-0.2, 0) is 11.3 Å². The Labute approximate surface area is 168 Å². The summed E-state index contributed by atoms with van der Waals surface area (Å²) >= 11 is 0. The van der Waals surface area contributed by atoms with E-state index < -0.39 is 0 Å². The number of nitrogens with zero attached hydrogens (tertiary/aromatic N) is 3. The maximum absolute atomic E-state index is 13.5. The van der Waals surface area contributed by atoms with Gasteiger partial charge in [0.05, 0.1) is 18.3 Å². The van der Waals surface area contributed by atoms with Gasteiger partial charge in [0, 0.05) is 24.0 Å². The van der Waals surface area contributed by atoms with Gasteiger partial charge < -0.3 is 15.0 Å². The first-order chi connectivity index (χ1) is 14.1. The minimum atomic E-state index is -0.331. The zero-order valence-corrected chi connectivity index (χ0v) is 16.5. The van der Waals surface area contributed by atoms with Crippen LogP contribution in [0.5, 0.6) is 5.75 Å². The minimum Gasteiger partial charge on any atom is -0.496 e. The summed E-state index contributed by atoms with van der Waals surface area (Å²) in [6.07, 6.45) is 1.62. The molecular formula is C22H23FN4O2. The number of fused-ring (bicyclic) bond motifs is 1. The number of aromatic nitrogens is 2. The van der Waals surface area contributed by atoms with Gasteiger partial charge in [-0.05, 0) is 44.0 Å². The molecule has 2 aromatic carbocycles. The summed E-state index contributed by atoms with van der Waals surface area (Å²) in [6.45, 7) is 2.93. The Balaban J connectivity index is 1.53. The summed E-state index contributed by atoms with van der Waals surface area (Å²) in [4.78, 5) is 24.0. The number of aryl methyl sites for hydroxylation is 1. The second kappa shape index (κ2) is 8.03. The molecule has 1 aliphatic heterocycles. The molecule has 4 rings (SSSR count). The number of anilines is 1. The number of carbonyl (C=O) groups excluding carboxylic acids is 1. The zero-order valence-electron chi connectivity index (χ0n) is 16.5. The van der Waals surface area contributed by atoms with Crippen LogP contribution in [0, 0.1) is 12.7 Å². The fourth-order valence-corrected chi connectivity index (χ4v) is 3.79. The molecule has 6 nitrogen and oxygen atoms in total. The van der Waals surface area contributed by atoms with Crippen molar-refractivity contribution in [3.63, 3.8) is 0 Å². The van der Waals surface area contributed by atoms with Gasteiger partial charge in [-0.25, -0.2) is 14.4 Å². The van der Waals surface area contributed by atoms with E-state index in [1.807, 2.05) is 36.1 Å². The molecule has 1 unspecified atom stereocenters. The van der Waals surface area contributed by atoms with Crippen molar-refractivity contribution < 1.29 is 13.9 Å². The number of nitrogens with one attached hydrogen (secondary N) is 1. The van der Waals surface area contributed by atoms with E-state index in [2.05, 4.69) is 15.3 Å². The highest BCUT2D eigenvalue weighted by Gasteiger charge is 2.32. The molecule has 7 heteroatoms. The third kappa shape index (κ3) is 3.85. The van der Waals surface area contributed by atoms with Crippen LogP contribution in [0.1, 0.15) is 24.1 Å². The van der Waals surface area contributed by atoms with Crippen molar-refractivity contribution in [2.45, 2.75) is 32.4 Å². The Morgan fingerprint density at radius 2 is 2.10 bits per heavy atom. The highest BCUT2D eigenvalue weighted by atomic mass is 19.1. The molecule has 1 N–H and O–H groups in total. The molecule has 150 valence electrons. The quantitative estimate of drug-likeness (QED) is 0.719. The number of rotatable bonds is 5. The van der Waals surface area contributed by atoms with Crippen LogP contribution in [0.4, 0.5) is 10.3 Å². The molecule has 2 heterocycles. The second-order valence-corrected chi connectivity index (χ2v) is 7.15. The molecule has 0 spiro atoms. The predicted molar refractivity (Wildman–Crippen MR) is 109 cm³/mol. The second-order valence-electron chi connectivity index (χ2n) is 7.15. The fourth-order valence-electron chi connectivity index (χ4n) is 3.79. The smallest absolute Gasteiger partial charge is 0.243 e. The van der Waals surface area contributed by atoms with Crippen LogP contribution in [0.3, 0.4) is 0 Å². The average Bonchev–Trinajstić information content (AvgIpc) is 3.22. The van der Waals surface area contributed by atoms with E-state index in [0.717, 1.165) is 24.2 Å². The van der Waals surface area contributed by atoms with E-state index in [0.29, 0.717) is 35.6 Å². The predicted octanol–water partition coefficient (Wildman–Crippen LogP) is 3.37. The SMILES string of the molecule is COc1ccccc1CNC(=O)C1CCCN1c1nc(C)c2cc(F)ccc2n1. The van der Waals surface area contributed by atoms with Gasteiger partial charge in [0.2, 0.25) is 11.9 Å². The first-order valence-corrected chi connectivity index (χ1v) is 9.67. The number of methoxy groups -OCH3 is 1. The Morgan fingerprint density at radius 1 is 1.28 bits per heavy atom. The summed E-state index contributed by atoms with van der Waals surface area (Å²) in [6, 6.07) is 11.8. The standard InChI is InChI=1S/C22H23FN4O2/c1-14-17-12-16(23)9-10-18(17)26-22(25-14)27-11-5-7-19(27)21(28)24-13-15-6-3-4-8-20(15)29-2/h3-4,6,8-10,12,19H,5,7,11,13H2,1-2H3,(H,24,28). The van der Waals surface area contributed by atoms with Gasteiger partial charge in [-0.1, -0.05) is 18.2 Å². The third-order valence-corrected chi connectivity index (χ3v) is 5.29. The third-order valence-electron chi connectivity index (χ3n) is 5.29. The number of benzene rings is 2. The lowest BCUT2D eigenvalue weighted by Gasteiger charge is -2.24. The molecule has 1 fully saturated rings. The van der Waals surface area contributed by atoms with Gasteiger partial charge in [-0.15, -0.1) is 0 Å².